The molecule has 3 heteroatoms. The minimum atomic E-state index is -0.0573. The molecule has 0 aromatic heterocycles. The fourth-order valence-electron chi connectivity index (χ4n) is 1.48. The van der Waals surface area contributed by atoms with Crippen molar-refractivity contribution in [3.05, 3.63) is 0 Å². The fourth-order valence-corrected chi connectivity index (χ4v) is 1.48. The summed E-state index contributed by atoms with van der Waals surface area (Å²) < 4.78 is 0. The minimum Gasteiger partial charge on any atom is -0.342 e. The van der Waals surface area contributed by atoms with E-state index in [1.807, 2.05) is 13.8 Å². The molecular formula is C11H18N2O. The van der Waals surface area contributed by atoms with Crippen molar-refractivity contribution < 1.29 is 4.79 Å². The van der Waals surface area contributed by atoms with Crippen molar-refractivity contribution in [2.45, 2.75) is 33.1 Å². The standard InChI is InChI=1S/C11H18N2O/c1-3-13(8-9(2)7-12)11(14)6-10-4-5-10/h9-10H,3-6,8H2,1-2H3. The smallest absolute Gasteiger partial charge is 0.222 e. The van der Waals surface area contributed by atoms with Crippen LogP contribution in [-0.4, -0.2) is 23.9 Å². The third-order valence-electron chi connectivity index (χ3n) is 2.61. The molecular weight excluding hydrogens is 176 g/mol. The maximum Gasteiger partial charge on any atom is 0.222 e. The van der Waals surface area contributed by atoms with Gasteiger partial charge in [0.1, 0.15) is 0 Å². The van der Waals surface area contributed by atoms with Gasteiger partial charge in [0.05, 0.1) is 12.0 Å². The van der Waals surface area contributed by atoms with Crippen molar-refractivity contribution >= 4 is 5.91 Å². The SMILES string of the molecule is CCN(CC(C)C#N)C(=O)CC1CC1. The van der Waals surface area contributed by atoms with E-state index in [-0.39, 0.29) is 11.8 Å². The normalized spacial score (nSPS) is 17.2. The number of nitrogens with zero attached hydrogens (tertiary/aromatic N) is 2. The Bertz CT molecular complexity index is 240. The van der Waals surface area contributed by atoms with Crippen LogP contribution in [0.2, 0.25) is 0 Å². The van der Waals surface area contributed by atoms with Crippen LogP contribution in [-0.2, 0) is 4.79 Å². The number of carbonyl (C=O) groups is 1. The Hall–Kier alpha value is -1.04. The molecule has 1 atom stereocenters. The summed E-state index contributed by atoms with van der Waals surface area (Å²) in [5.74, 6) is 0.796. The number of rotatable bonds is 5. The highest BCUT2D eigenvalue weighted by Gasteiger charge is 2.26. The van der Waals surface area contributed by atoms with Crippen LogP contribution in [0.15, 0.2) is 0 Å². The lowest BCUT2D eigenvalue weighted by Gasteiger charge is -2.21. The molecule has 1 amide bonds. The molecule has 0 aromatic carbocycles. The largest absolute Gasteiger partial charge is 0.342 e. The lowest BCUT2D eigenvalue weighted by atomic mass is 10.2. The van der Waals surface area contributed by atoms with Gasteiger partial charge in [-0.25, -0.2) is 0 Å². The fraction of sp³-hybridized carbons (Fsp3) is 0.818. The van der Waals surface area contributed by atoms with Crippen molar-refractivity contribution in [2.24, 2.45) is 11.8 Å². The summed E-state index contributed by atoms with van der Waals surface area (Å²) in [5, 5.41) is 8.67. The molecule has 78 valence electrons. The van der Waals surface area contributed by atoms with Crippen molar-refractivity contribution in [1.29, 1.82) is 5.26 Å². The van der Waals surface area contributed by atoms with Gasteiger partial charge in [0.25, 0.3) is 0 Å². The van der Waals surface area contributed by atoms with Gasteiger partial charge in [0.15, 0.2) is 0 Å². The van der Waals surface area contributed by atoms with E-state index in [4.69, 9.17) is 5.26 Å². The van der Waals surface area contributed by atoms with Crippen LogP contribution in [0.5, 0.6) is 0 Å². The van der Waals surface area contributed by atoms with Gasteiger partial charge in [0, 0.05) is 19.5 Å². The van der Waals surface area contributed by atoms with Crippen LogP contribution in [0.1, 0.15) is 33.1 Å². The second-order valence-electron chi connectivity index (χ2n) is 4.11. The van der Waals surface area contributed by atoms with Crippen LogP contribution < -0.4 is 0 Å². The zero-order chi connectivity index (χ0) is 10.6. The summed E-state index contributed by atoms with van der Waals surface area (Å²) in [4.78, 5) is 13.5. The predicted octanol–water partition coefficient (Wildman–Crippen LogP) is 1.79. The lowest BCUT2D eigenvalue weighted by molar-refractivity contribution is -0.131. The van der Waals surface area contributed by atoms with Crippen LogP contribution in [0.4, 0.5) is 0 Å². The summed E-state index contributed by atoms with van der Waals surface area (Å²) in [6, 6.07) is 2.16. The zero-order valence-electron chi connectivity index (χ0n) is 8.99. The van der Waals surface area contributed by atoms with E-state index in [0.29, 0.717) is 18.9 Å². The van der Waals surface area contributed by atoms with Gasteiger partial charge in [-0.3, -0.25) is 4.79 Å². The van der Waals surface area contributed by atoms with Gasteiger partial charge >= 0.3 is 0 Å². The van der Waals surface area contributed by atoms with E-state index >= 15 is 0 Å². The molecule has 0 aliphatic heterocycles. The summed E-state index contributed by atoms with van der Waals surface area (Å²) in [5.41, 5.74) is 0. The molecule has 1 rings (SSSR count). The van der Waals surface area contributed by atoms with Gasteiger partial charge in [-0.1, -0.05) is 0 Å². The molecule has 3 nitrogen and oxygen atoms in total. The quantitative estimate of drug-likeness (QED) is 0.669. The maximum absolute atomic E-state index is 11.7. The van der Waals surface area contributed by atoms with Crippen molar-refractivity contribution in [2.75, 3.05) is 13.1 Å². The Morgan fingerprint density at radius 1 is 1.64 bits per heavy atom. The molecule has 1 saturated carbocycles. The molecule has 14 heavy (non-hydrogen) atoms. The van der Waals surface area contributed by atoms with Crippen molar-refractivity contribution in [1.82, 2.24) is 4.90 Å². The number of hydrogen-bond donors (Lipinski definition) is 0. The van der Waals surface area contributed by atoms with E-state index in [0.717, 1.165) is 6.54 Å². The Morgan fingerprint density at radius 3 is 2.71 bits per heavy atom. The molecule has 1 aliphatic carbocycles. The van der Waals surface area contributed by atoms with E-state index in [1.165, 1.54) is 12.8 Å². The van der Waals surface area contributed by atoms with Gasteiger partial charge in [-0.05, 0) is 32.6 Å². The molecule has 0 spiro atoms. The Labute approximate surface area is 85.7 Å². The van der Waals surface area contributed by atoms with Gasteiger partial charge < -0.3 is 4.90 Å². The predicted molar refractivity (Wildman–Crippen MR) is 54.4 cm³/mol. The summed E-state index contributed by atoms with van der Waals surface area (Å²) in [6.07, 6.45) is 3.10. The van der Waals surface area contributed by atoms with E-state index in [9.17, 15) is 4.79 Å². The van der Waals surface area contributed by atoms with E-state index in [2.05, 4.69) is 6.07 Å². The summed E-state index contributed by atoms with van der Waals surface area (Å²) >= 11 is 0. The first-order chi connectivity index (χ1) is 6.67. The number of amides is 1. The first-order valence-electron chi connectivity index (χ1n) is 5.34. The monoisotopic (exact) mass is 194 g/mol. The van der Waals surface area contributed by atoms with E-state index in [1.54, 1.807) is 4.90 Å². The molecule has 0 radical (unpaired) electrons. The number of nitriles is 1. The van der Waals surface area contributed by atoms with Gasteiger partial charge in [0.2, 0.25) is 5.91 Å². The van der Waals surface area contributed by atoms with Crippen LogP contribution in [0, 0.1) is 23.2 Å². The highest BCUT2D eigenvalue weighted by molar-refractivity contribution is 5.76. The first kappa shape index (κ1) is 11.0. The van der Waals surface area contributed by atoms with E-state index < -0.39 is 0 Å². The molecule has 1 aliphatic rings. The average Bonchev–Trinajstić information content (AvgIpc) is 2.97. The van der Waals surface area contributed by atoms with Crippen molar-refractivity contribution in [3.63, 3.8) is 0 Å². The van der Waals surface area contributed by atoms with Crippen molar-refractivity contribution in [3.8, 4) is 6.07 Å². The third-order valence-corrected chi connectivity index (χ3v) is 2.61. The highest BCUT2D eigenvalue weighted by Crippen LogP contribution is 2.32. The number of carbonyl (C=O) groups excluding carboxylic acids is 1. The van der Waals surface area contributed by atoms with Crippen LogP contribution >= 0.6 is 0 Å². The minimum absolute atomic E-state index is 0.0573. The molecule has 0 heterocycles. The Morgan fingerprint density at radius 2 is 2.29 bits per heavy atom. The molecule has 0 N–H and O–H groups in total. The maximum atomic E-state index is 11.7. The van der Waals surface area contributed by atoms with Crippen LogP contribution in [0.25, 0.3) is 0 Å². The molecule has 0 bridgehead atoms. The number of hydrogen-bond acceptors (Lipinski definition) is 2. The van der Waals surface area contributed by atoms with Crippen LogP contribution in [0.3, 0.4) is 0 Å². The third kappa shape index (κ3) is 3.37. The van der Waals surface area contributed by atoms with Gasteiger partial charge in [-0.2, -0.15) is 5.26 Å². The summed E-state index contributed by atoms with van der Waals surface area (Å²) in [7, 11) is 0. The Balaban J connectivity index is 2.35. The topological polar surface area (TPSA) is 44.1 Å². The molecule has 1 unspecified atom stereocenters. The Kier molecular flexibility index (Phi) is 3.94. The highest BCUT2D eigenvalue weighted by atomic mass is 16.2. The summed E-state index contributed by atoms with van der Waals surface area (Å²) in [6.45, 7) is 5.12. The average molecular weight is 194 g/mol. The molecule has 0 aromatic rings. The lowest BCUT2D eigenvalue weighted by Crippen LogP contribution is -2.34. The first-order valence-corrected chi connectivity index (χ1v) is 5.34. The second-order valence-corrected chi connectivity index (χ2v) is 4.11. The molecule has 0 saturated heterocycles. The van der Waals surface area contributed by atoms with Gasteiger partial charge in [-0.15, -0.1) is 0 Å². The molecule has 1 fully saturated rings. The zero-order valence-corrected chi connectivity index (χ0v) is 8.99. The second kappa shape index (κ2) is 4.99.